The Labute approximate surface area is 180 Å². The summed E-state index contributed by atoms with van der Waals surface area (Å²) in [6, 6.07) is 14.9. The monoisotopic (exact) mass is 467 g/mol. The second-order valence-corrected chi connectivity index (χ2v) is 8.38. The number of aromatic nitrogens is 4. The summed E-state index contributed by atoms with van der Waals surface area (Å²) in [6.45, 7) is 1.95. The van der Waals surface area contributed by atoms with E-state index in [9.17, 15) is 4.79 Å². The van der Waals surface area contributed by atoms with Gasteiger partial charge in [0.1, 0.15) is 5.82 Å². The van der Waals surface area contributed by atoms with E-state index in [-0.39, 0.29) is 5.91 Å². The quantitative estimate of drug-likeness (QED) is 0.331. The van der Waals surface area contributed by atoms with Crippen LogP contribution in [0.25, 0.3) is 11.0 Å². The van der Waals surface area contributed by atoms with Crippen LogP contribution in [0.15, 0.2) is 64.4 Å². The minimum atomic E-state index is -0.158. The van der Waals surface area contributed by atoms with Crippen LogP contribution in [0.3, 0.4) is 0 Å². The molecule has 2 heterocycles. The van der Waals surface area contributed by atoms with Gasteiger partial charge in [0, 0.05) is 34.7 Å². The molecule has 0 bridgehead atoms. The first-order valence-corrected chi connectivity index (χ1v) is 10.7. The highest BCUT2D eigenvalue weighted by molar-refractivity contribution is 9.10. The largest absolute Gasteiger partial charge is 0.330 e. The SMILES string of the molecule is Cc1ccnc(SCc2nc3cc(NC(=O)c4cccc(Br)c4)ccc3n2C)n1. The second-order valence-electron chi connectivity index (χ2n) is 6.52. The minimum Gasteiger partial charge on any atom is -0.330 e. The van der Waals surface area contributed by atoms with Crippen molar-refractivity contribution < 1.29 is 4.79 Å². The third kappa shape index (κ3) is 4.49. The summed E-state index contributed by atoms with van der Waals surface area (Å²) in [5, 5.41) is 3.67. The first-order chi connectivity index (χ1) is 14.0. The Morgan fingerprint density at radius 1 is 1.17 bits per heavy atom. The normalized spacial score (nSPS) is 11.0. The van der Waals surface area contributed by atoms with Crippen molar-refractivity contribution in [3.8, 4) is 0 Å². The number of fused-ring (bicyclic) bond motifs is 1. The Bertz CT molecular complexity index is 1210. The summed E-state index contributed by atoms with van der Waals surface area (Å²) in [7, 11) is 1.99. The Morgan fingerprint density at radius 2 is 2.03 bits per heavy atom. The molecule has 4 rings (SSSR count). The Hall–Kier alpha value is -2.71. The van der Waals surface area contributed by atoms with E-state index in [1.807, 2.05) is 50.4 Å². The topological polar surface area (TPSA) is 72.7 Å². The van der Waals surface area contributed by atoms with Crippen LogP contribution in [0.4, 0.5) is 5.69 Å². The van der Waals surface area contributed by atoms with Crippen molar-refractivity contribution in [2.24, 2.45) is 7.05 Å². The first kappa shape index (κ1) is 19.6. The van der Waals surface area contributed by atoms with Gasteiger partial charge in [0.2, 0.25) is 0 Å². The average molecular weight is 468 g/mol. The number of carbonyl (C=O) groups excluding carboxylic acids is 1. The van der Waals surface area contributed by atoms with Crippen LogP contribution < -0.4 is 5.32 Å². The number of anilines is 1. The van der Waals surface area contributed by atoms with Crippen molar-refractivity contribution in [1.29, 1.82) is 0 Å². The van der Waals surface area contributed by atoms with Crippen molar-refractivity contribution in [1.82, 2.24) is 19.5 Å². The van der Waals surface area contributed by atoms with Gasteiger partial charge in [-0.1, -0.05) is 33.8 Å². The number of nitrogens with one attached hydrogen (secondary N) is 1. The number of rotatable bonds is 5. The Kier molecular flexibility index (Phi) is 5.64. The Balaban J connectivity index is 1.52. The van der Waals surface area contributed by atoms with Crippen LogP contribution in [-0.4, -0.2) is 25.4 Å². The summed E-state index contributed by atoms with van der Waals surface area (Å²) in [6.07, 6.45) is 1.76. The summed E-state index contributed by atoms with van der Waals surface area (Å²) in [4.78, 5) is 25.9. The predicted octanol–water partition coefficient (Wildman–Crippen LogP) is 4.98. The zero-order valence-electron chi connectivity index (χ0n) is 15.9. The van der Waals surface area contributed by atoms with Crippen LogP contribution in [0.1, 0.15) is 21.9 Å². The van der Waals surface area contributed by atoms with Crippen molar-refractivity contribution in [2.75, 3.05) is 5.32 Å². The summed E-state index contributed by atoms with van der Waals surface area (Å²) in [5.41, 5.74) is 4.09. The number of thioether (sulfide) groups is 1. The zero-order chi connectivity index (χ0) is 20.4. The van der Waals surface area contributed by atoms with Gasteiger partial charge in [-0.25, -0.2) is 15.0 Å². The highest BCUT2D eigenvalue weighted by Crippen LogP contribution is 2.24. The molecule has 0 saturated carbocycles. The van der Waals surface area contributed by atoms with Gasteiger partial charge in [0.05, 0.1) is 16.8 Å². The lowest BCUT2D eigenvalue weighted by atomic mass is 10.2. The fraction of sp³-hybridized carbons (Fsp3) is 0.143. The molecule has 8 heteroatoms. The van der Waals surface area contributed by atoms with E-state index in [0.717, 1.165) is 32.2 Å². The second kappa shape index (κ2) is 8.34. The van der Waals surface area contributed by atoms with Crippen molar-refractivity contribution in [3.05, 3.63) is 76.3 Å². The average Bonchev–Trinajstić information content (AvgIpc) is 3.01. The maximum Gasteiger partial charge on any atom is 0.255 e. The van der Waals surface area contributed by atoms with Crippen LogP contribution >= 0.6 is 27.7 Å². The number of hydrogen-bond acceptors (Lipinski definition) is 5. The molecule has 29 heavy (non-hydrogen) atoms. The number of halogens is 1. The minimum absolute atomic E-state index is 0.158. The lowest BCUT2D eigenvalue weighted by molar-refractivity contribution is 0.102. The van der Waals surface area contributed by atoms with Crippen LogP contribution in [0.2, 0.25) is 0 Å². The van der Waals surface area contributed by atoms with Gasteiger partial charge >= 0.3 is 0 Å². The van der Waals surface area contributed by atoms with E-state index in [4.69, 9.17) is 4.98 Å². The third-order valence-electron chi connectivity index (χ3n) is 4.42. The number of nitrogens with zero attached hydrogens (tertiary/aromatic N) is 4. The zero-order valence-corrected chi connectivity index (χ0v) is 18.3. The number of hydrogen-bond donors (Lipinski definition) is 1. The van der Waals surface area contributed by atoms with E-state index in [2.05, 4.69) is 35.8 Å². The maximum atomic E-state index is 12.5. The maximum absolute atomic E-state index is 12.5. The van der Waals surface area contributed by atoms with Crippen LogP contribution in [-0.2, 0) is 12.8 Å². The van der Waals surface area contributed by atoms with Gasteiger partial charge in [0.25, 0.3) is 5.91 Å². The number of aryl methyl sites for hydroxylation is 2. The smallest absolute Gasteiger partial charge is 0.255 e. The van der Waals surface area contributed by atoms with Gasteiger partial charge in [-0.2, -0.15) is 0 Å². The number of amides is 1. The summed E-state index contributed by atoms with van der Waals surface area (Å²) >= 11 is 4.94. The van der Waals surface area contributed by atoms with E-state index >= 15 is 0 Å². The molecule has 1 amide bonds. The molecular formula is C21H18BrN5OS. The van der Waals surface area contributed by atoms with E-state index < -0.39 is 0 Å². The van der Waals surface area contributed by atoms with Gasteiger partial charge in [-0.3, -0.25) is 4.79 Å². The summed E-state index contributed by atoms with van der Waals surface area (Å²) in [5.74, 6) is 1.42. The number of carbonyl (C=O) groups is 1. The molecule has 146 valence electrons. The molecule has 2 aromatic heterocycles. The van der Waals surface area contributed by atoms with Crippen LogP contribution in [0, 0.1) is 6.92 Å². The number of benzene rings is 2. The molecule has 0 aliphatic heterocycles. The molecule has 0 saturated heterocycles. The Morgan fingerprint density at radius 3 is 2.83 bits per heavy atom. The molecule has 0 radical (unpaired) electrons. The standard InChI is InChI=1S/C21H18BrN5OS/c1-13-8-9-23-21(24-13)29-12-19-26-17-11-16(6-7-18(17)27(19)2)25-20(28)14-4-3-5-15(22)10-14/h3-11H,12H2,1-2H3,(H,25,28). The highest BCUT2D eigenvalue weighted by Gasteiger charge is 2.12. The molecule has 0 fully saturated rings. The van der Waals surface area contributed by atoms with E-state index in [1.54, 1.807) is 30.1 Å². The third-order valence-corrected chi connectivity index (χ3v) is 5.77. The fourth-order valence-electron chi connectivity index (χ4n) is 2.91. The predicted molar refractivity (Wildman–Crippen MR) is 119 cm³/mol. The van der Waals surface area contributed by atoms with Gasteiger partial charge < -0.3 is 9.88 Å². The molecule has 0 spiro atoms. The van der Waals surface area contributed by atoms with E-state index in [0.29, 0.717) is 17.0 Å². The lowest BCUT2D eigenvalue weighted by Crippen LogP contribution is -2.11. The van der Waals surface area contributed by atoms with Crippen molar-refractivity contribution >= 4 is 50.3 Å². The fourth-order valence-corrected chi connectivity index (χ4v) is 4.17. The highest BCUT2D eigenvalue weighted by atomic mass is 79.9. The van der Waals surface area contributed by atoms with E-state index in [1.165, 1.54) is 0 Å². The molecule has 1 N–H and O–H groups in total. The summed E-state index contributed by atoms with van der Waals surface area (Å²) < 4.78 is 2.92. The van der Waals surface area contributed by atoms with Gasteiger partial charge in [-0.15, -0.1) is 0 Å². The van der Waals surface area contributed by atoms with Crippen molar-refractivity contribution in [2.45, 2.75) is 17.8 Å². The molecular weight excluding hydrogens is 450 g/mol. The molecule has 0 aliphatic carbocycles. The number of imidazole rings is 1. The van der Waals surface area contributed by atoms with Crippen LogP contribution in [0.5, 0.6) is 0 Å². The van der Waals surface area contributed by atoms with Crippen molar-refractivity contribution in [3.63, 3.8) is 0 Å². The van der Waals surface area contributed by atoms with Gasteiger partial charge in [0.15, 0.2) is 5.16 Å². The molecule has 0 atom stereocenters. The van der Waals surface area contributed by atoms with Gasteiger partial charge in [-0.05, 0) is 49.4 Å². The molecule has 2 aromatic carbocycles. The molecule has 4 aromatic rings. The lowest BCUT2D eigenvalue weighted by Gasteiger charge is -2.06. The molecule has 6 nitrogen and oxygen atoms in total. The first-order valence-electron chi connectivity index (χ1n) is 8.94. The molecule has 0 unspecified atom stereocenters. The molecule has 0 aliphatic rings.